The molecule has 4 heterocycles. The summed E-state index contributed by atoms with van der Waals surface area (Å²) in [5, 5.41) is 6.15. The number of nitrogens with two attached hydrogens (primary N) is 1. The van der Waals surface area contributed by atoms with Crippen molar-refractivity contribution >= 4 is 11.7 Å². The zero-order chi connectivity index (χ0) is 23.9. The van der Waals surface area contributed by atoms with Crippen molar-refractivity contribution in [2.75, 3.05) is 32.2 Å². The van der Waals surface area contributed by atoms with Crippen molar-refractivity contribution in [1.82, 2.24) is 15.6 Å². The lowest BCUT2D eigenvalue weighted by Gasteiger charge is -2.24. The SMILES string of the molecule is Nc1nc(F)c(-c2ccc(OC3CCNCC3)c3c2OCO3)cc1-c1ccc2c(c1)CCNC2=O. The zero-order valence-electron chi connectivity index (χ0n) is 19.0. The van der Waals surface area contributed by atoms with Gasteiger partial charge in [0.2, 0.25) is 18.5 Å². The molecule has 1 amide bonds. The highest BCUT2D eigenvalue weighted by Gasteiger charge is 2.28. The Morgan fingerprint density at radius 3 is 2.63 bits per heavy atom. The summed E-state index contributed by atoms with van der Waals surface area (Å²) in [5.41, 5.74) is 9.81. The van der Waals surface area contributed by atoms with Gasteiger partial charge in [-0.15, -0.1) is 0 Å². The summed E-state index contributed by atoms with van der Waals surface area (Å²) in [6.07, 6.45) is 2.61. The molecule has 3 aromatic rings. The van der Waals surface area contributed by atoms with Crippen molar-refractivity contribution in [2.45, 2.75) is 25.4 Å². The second kappa shape index (κ2) is 8.74. The van der Waals surface area contributed by atoms with Crippen LogP contribution in [0.4, 0.5) is 10.2 Å². The number of benzene rings is 2. The molecular formula is C26H25FN4O4. The van der Waals surface area contributed by atoms with E-state index in [1.165, 1.54) is 0 Å². The number of carbonyl (C=O) groups excluding carboxylic acids is 1. The molecule has 1 saturated heterocycles. The summed E-state index contributed by atoms with van der Waals surface area (Å²) in [7, 11) is 0. The van der Waals surface area contributed by atoms with Gasteiger partial charge in [0.15, 0.2) is 11.5 Å². The number of nitrogens with zero attached hydrogens (tertiary/aromatic N) is 1. The average Bonchev–Trinajstić information content (AvgIpc) is 3.36. The van der Waals surface area contributed by atoms with E-state index in [0.29, 0.717) is 46.9 Å². The van der Waals surface area contributed by atoms with Gasteiger partial charge in [0.05, 0.1) is 0 Å². The van der Waals surface area contributed by atoms with Crippen LogP contribution in [0.2, 0.25) is 0 Å². The minimum Gasteiger partial charge on any atom is -0.486 e. The number of aromatic nitrogens is 1. The van der Waals surface area contributed by atoms with E-state index in [1.54, 1.807) is 30.3 Å². The van der Waals surface area contributed by atoms with Crippen LogP contribution in [0.1, 0.15) is 28.8 Å². The van der Waals surface area contributed by atoms with Gasteiger partial charge in [-0.3, -0.25) is 4.79 Å². The minimum atomic E-state index is -0.701. The molecule has 9 heteroatoms. The summed E-state index contributed by atoms with van der Waals surface area (Å²) in [6.45, 7) is 2.41. The van der Waals surface area contributed by atoms with Crippen molar-refractivity contribution in [1.29, 1.82) is 0 Å². The molecule has 0 unspecified atom stereocenters. The fourth-order valence-corrected chi connectivity index (χ4v) is 4.89. The van der Waals surface area contributed by atoms with Crippen molar-refractivity contribution < 1.29 is 23.4 Å². The van der Waals surface area contributed by atoms with Gasteiger partial charge in [-0.1, -0.05) is 12.1 Å². The van der Waals surface area contributed by atoms with E-state index in [2.05, 4.69) is 15.6 Å². The molecule has 6 rings (SSSR count). The third-order valence-electron chi connectivity index (χ3n) is 6.70. The van der Waals surface area contributed by atoms with Crippen molar-refractivity contribution in [3.05, 3.63) is 53.5 Å². The Labute approximate surface area is 201 Å². The first-order chi connectivity index (χ1) is 17.1. The van der Waals surface area contributed by atoms with Gasteiger partial charge >= 0.3 is 0 Å². The normalized spacial score (nSPS) is 17.1. The molecule has 4 N–H and O–H groups in total. The number of hydrogen-bond donors (Lipinski definition) is 3. The highest BCUT2D eigenvalue weighted by atomic mass is 19.1. The van der Waals surface area contributed by atoms with Gasteiger partial charge in [0, 0.05) is 28.8 Å². The predicted octanol–water partition coefficient (Wildman–Crippen LogP) is 3.28. The third-order valence-corrected chi connectivity index (χ3v) is 6.70. The molecule has 0 saturated carbocycles. The number of hydrogen-bond acceptors (Lipinski definition) is 7. The van der Waals surface area contributed by atoms with Gasteiger partial charge in [-0.05, 0) is 67.7 Å². The van der Waals surface area contributed by atoms with Crippen LogP contribution < -0.4 is 30.6 Å². The van der Waals surface area contributed by atoms with Crippen LogP contribution in [0.3, 0.4) is 0 Å². The highest BCUT2D eigenvalue weighted by molar-refractivity contribution is 5.97. The van der Waals surface area contributed by atoms with Crippen molar-refractivity contribution in [2.24, 2.45) is 0 Å². The van der Waals surface area contributed by atoms with Crippen LogP contribution in [0, 0.1) is 5.95 Å². The Kier molecular flexibility index (Phi) is 5.41. The summed E-state index contributed by atoms with van der Waals surface area (Å²) < 4.78 is 32.8. The van der Waals surface area contributed by atoms with Crippen LogP contribution in [-0.4, -0.2) is 43.4 Å². The molecule has 8 nitrogen and oxygen atoms in total. The molecular weight excluding hydrogens is 451 g/mol. The molecule has 0 radical (unpaired) electrons. The summed E-state index contributed by atoms with van der Waals surface area (Å²) in [6, 6.07) is 10.7. The zero-order valence-corrected chi connectivity index (χ0v) is 19.0. The Bertz CT molecular complexity index is 1320. The van der Waals surface area contributed by atoms with E-state index in [1.807, 2.05) is 6.07 Å². The summed E-state index contributed by atoms with van der Waals surface area (Å²) >= 11 is 0. The second-order valence-corrected chi connectivity index (χ2v) is 8.88. The van der Waals surface area contributed by atoms with Gasteiger partial charge < -0.3 is 30.6 Å². The minimum absolute atomic E-state index is 0.0265. The number of rotatable bonds is 4. The molecule has 1 aromatic heterocycles. The van der Waals surface area contributed by atoms with E-state index in [9.17, 15) is 4.79 Å². The van der Waals surface area contributed by atoms with Gasteiger partial charge in [-0.2, -0.15) is 4.39 Å². The maximum absolute atomic E-state index is 15.1. The maximum atomic E-state index is 15.1. The maximum Gasteiger partial charge on any atom is 0.251 e. The van der Waals surface area contributed by atoms with Crippen LogP contribution >= 0.6 is 0 Å². The molecule has 3 aliphatic heterocycles. The molecule has 1 fully saturated rings. The molecule has 35 heavy (non-hydrogen) atoms. The highest BCUT2D eigenvalue weighted by Crippen LogP contribution is 2.49. The molecule has 3 aliphatic rings. The molecule has 0 atom stereocenters. The third kappa shape index (κ3) is 3.91. The quantitative estimate of drug-likeness (QED) is 0.496. The van der Waals surface area contributed by atoms with Crippen LogP contribution in [0.5, 0.6) is 17.2 Å². The molecule has 2 aromatic carbocycles. The summed E-state index contributed by atoms with van der Waals surface area (Å²) in [4.78, 5) is 16.1. The number of anilines is 1. The van der Waals surface area contributed by atoms with E-state index < -0.39 is 5.95 Å². The smallest absolute Gasteiger partial charge is 0.251 e. The Hall–Kier alpha value is -3.85. The number of halogens is 1. The first-order valence-electron chi connectivity index (χ1n) is 11.8. The topological polar surface area (TPSA) is 108 Å². The first kappa shape index (κ1) is 21.7. The monoisotopic (exact) mass is 476 g/mol. The average molecular weight is 477 g/mol. The molecule has 0 spiro atoms. The predicted molar refractivity (Wildman–Crippen MR) is 128 cm³/mol. The number of pyridine rings is 1. The molecule has 0 aliphatic carbocycles. The molecule has 0 bridgehead atoms. The van der Waals surface area contributed by atoms with Gasteiger partial charge in [0.25, 0.3) is 5.91 Å². The Morgan fingerprint density at radius 1 is 0.971 bits per heavy atom. The number of ether oxygens (including phenoxy) is 3. The largest absolute Gasteiger partial charge is 0.486 e. The van der Waals surface area contributed by atoms with Crippen LogP contribution in [0.15, 0.2) is 36.4 Å². The number of nitrogens with one attached hydrogen (secondary N) is 2. The van der Waals surface area contributed by atoms with Gasteiger partial charge in [-0.25, -0.2) is 4.98 Å². The lowest BCUT2D eigenvalue weighted by Crippen LogP contribution is -2.34. The fraction of sp³-hybridized carbons (Fsp3) is 0.308. The lowest BCUT2D eigenvalue weighted by molar-refractivity contribution is 0.0946. The van der Waals surface area contributed by atoms with E-state index >= 15 is 4.39 Å². The van der Waals surface area contributed by atoms with E-state index in [4.69, 9.17) is 19.9 Å². The Morgan fingerprint density at radius 2 is 1.77 bits per heavy atom. The number of fused-ring (bicyclic) bond motifs is 2. The summed E-state index contributed by atoms with van der Waals surface area (Å²) in [5.74, 6) is 0.765. The van der Waals surface area contributed by atoms with Crippen LogP contribution in [-0.2, 0) is 6.42 Å². The van der Waals surface area contributed by atoms with Crippen molar-refractivity contribution in [3.8, 4) is 39.5 Å². The standard InChI is InChI=1S/C26H25FN4O4/c27-24-20(12-19(25(28)31-24)14-1-2-17-15(11-14)5-10-30-26(17)32)18-3-4-21(23-22(18)33-13-34-23)35-16-6-8-29-9-7-16/h1-4,11-12,16,29H,5-10,13H2,(H2,28,31)(H,30,32). The van der Waals surface area contributed by atoms with Crippen LogP contribution in [0.25, 0.3) is 22.3 Å². The fourth-order valence-electron chi connectivity index (χ4n) is 4.89. The van der Waals surface area contributed by atoms with E-state index in [0.717, 1.165) is 37.1 Å². The first-order valence-corrected chi connectivity index (χ1v) is 11.8. The second-order valence-electron chi connectivity index (χ2n) is 8.88. The molecule has 180 valence electrons. The van der Waals surface area contributed by atoms with Gasteiger partial charge in [0.1, 0.15) is 11.9 Å². The number of nitrogen functional groups attached to an aromatic ring is 1. The van der Waals surface area contributed by atoms with E-state index in [-0.39, 0.29) is 30.2 Å². The lowest BCUT2D eigenvalue weighted by atomic mass is 9.94. The number of amides is 1. The number of carbonyl (C=O) groups is 1. The number of piperidine rings is 1. The van der Waals surface area contributed by atoms with Crippen molar-refractivity contribution in [3.63, 3.8) is 0 Å². The Balaban J connectivity index is 1.39.